The highest BCUT2D eigenvalue weighted by Crippen LogP contribution is 2.37. The van der Waals surface area contributed by atoms with Gasteiger partial charge in [-0.3, -0.25) is 9.59 Å². The third kappa shape index (κ3) is 5.23. The molecule has 0 radical (unpaired) electrons. The van der Waals surface area contributed by atoms with Gasteiger partial charge < -0.3 is 18.8 Å². The van der Waals surface area contributed by atoms with Crippen LogP contribution in [0.5, 0.6) is 11.5 Å². The number of benzene rings is 2. The lowest BCUT2D eigenvalue weighted by atomic mass is 10.3. The zero-order chi connectivity index (χ0) is 21.8. The van der Waals surface area contributed by atoms with Crippen LogP contribution in [-0.2, 0) is 20.9 Å². The third-order valence-electron chi connectivity index (χ3n) is 4.56. The maximum absolute atomic E-state index is 12.5. The first kappa shape index (κ1) is 21.7. The molecule has 2 aromatic carbocycles. The van der Waals surface area contributed by atoms with E-state index in [4.69, 9.17) is 25.8 Å². The minimum Gasteiger partial charge on any atom is -0.469 e. The van der Waals surface area contributed by atoms with E-state index in [1.54, 1.807) is 11.8 Å². The average molecular weight is 479 g/mol. The molecule has 0 spiro atoms. The standard InChI is InChI=1S/C21H19ClN2O5S2/c1-27-20(26)6-8-24-15-10-16-17(29-12-28-16)11-18(15)31-21(24)23-19(25)7-9-30-14-4-2-13(22)3-5-14/h2-5,10-11H,6-9,12H2,1H3. The molecule has 0 fully saturated rings. The first-order valence-electron chi connectivity index (χ1n) is 9.49. The highest BCUT2D eigenvalue weighted by Gasteiger charge is 2.18. The second-order valence-electron chi connectivity index (χ2n) is 6.59. The summed E-state index contributed by atoms with van der Waals surface area (Å²) in [6.45, 7) is 0.522. The third-order valence-corrected chi connectivity index (χ3v) is 6.87. The van der Waals surface area contributed by atoms with Gasteiger partial charge in [-0.1, -0.05) is 22.9 Å². The molecule has 10 heteroatoms. The van der Waals surface area contributed by atoms with Crippen LogP contribution in [0.25, 0.3) is 10.2 Å². The summed E-state index contributed by atoms with van der Waals surface area (Å²) in [5.41, 5.74) is 0.834. The van der Waals surface area contributed by atoms with E-state index in [0.717, 1.165) is 15.1 Å². The monoisotopic (exact) mass is 478 g/mol. The fourth-order valence-corrected chi connectivity index (χ4v) is 5.07. The topological polar surface area (TPSA) is 79.1 Å². The average Bonchev–Trinajstić information content (AvgIpc) is 3.35. The van der Waals surface area contributed by atoms with Gasteiger partial charge in [-0.15, -0.1) is 11.8 Å². The molecule has 0 saturated carbocycles. The normalized spacial score (nSPS) is 13.0. The molecule has 1 aromatic heterocycles. The molecule has 0 unspecified atom stereocenters. The number of aryl methyl sites for hydroxylation is 1. The number of carbonyl (C=O) groups excluding carboxylic acids is 2. The number of thiazole rings is 1. The van der Waals surface area contributed by atoms with E-state index in [1.165, 1.54) is 18.4 Å². The van der Waals surface area contributed by atoms with E-state index in [-0.39, 0.29) is 25.1 Å². The maximum atomic E-state index is 12.5. The fraction of sp³-hybridized carbons (Fsp3) is 0.286. The number of aromatic nitrogens is 1. The molecule has 0 atom stereocenters. The van der Waals surface area contributed by atoms with E-state index in [9.17, 15) is 9.59 Å². The fourth-order valence-electron chi connectivity index (χ4n) is 3.02. The second-order valence-corrected chi connectivity index (χ2v) is 9.21. The van der Waals surface area contributed by atoms with Gasteiger partial charge in [-0.2, -0.15) is 4.99 Å². The molecule has 2 heterocycles. The van der Waals surface area contributed by atoms with Gasteiger partial charge in [-0.05, 0) is 24.3 Å². The van der Waals surface area contributed by atoms with E-state index in [1.807, 2.05) is 41.0 Å². The Bertz CT molecular complexity index is 1190. The molecule has 0 N–H and O–H groups in total. The van der Waals surface area contributed by atoms with Crippen LogP contribution in [0.4, 0.5) is 0 Å². The van der Waals surface area contributed by atoms with Crippen LogP contribution in [0, 0.1) is 0 Å². The molecule has 7 nitrogen and oxygen atoms in total. The lowest BCUT2D eigenvalue weighted by Gasteiger charge is -2.05. The Morgan fingerprint density at radius 2 is 1.94 bits per heavy atom. The van der Waals surface area contributed by atoms with Crippen molar-refractivity contribution in [1.29, 1.82) is 0 Å². The van der Waals surface area contributed by atoms with E-state index in [0.29, 0.717) is 40.0 Å². The minimum absolute atomic E-state index is 0.171. The molecule has 4 rings (SSSR count). The number of carbonyl (C=O) groups is 2. The van der Waals surface area contributed by atoms with Crippen molar-refractivity contribution in [3.8, 4) is 11.5 Å². The van der Waals surface area contributed by atoms with Gasteiger partial charge in [0.25, 0.3) is 0 Å². The zero-order valence-electron chi connectivity index (χ0n) is 16.6. The van der Waals surface area contributed by atoms with Crippen molar-refractivity contribution in [3.63, 3.8) is 0 Å². The van der Waals surface area contributed by atoms with Crippen LogP contribution in [0.15, 0.2) is 46.3 Å². The summed E-state index contributed by atoms with van der Waals surface area (Å²) in [6, 6.07) is 11.2. The van der Waals surface area contributed by atoms with Crippen molar-refractivity contribution in [2.24, 2.45) is 4.99 Å². The van der Waals surface area contributed by atoms with Crippen molar-refractivity contribution < 1.29 is 23.8 Å². The number of ether oxygens (including phenoxy) is 3. The number of thioether (sulfide) groups is 1. The Balaban J connectivity index is 1.55. The molecule has 0 saturated heterocycles. The number of amides is 1. The van der Waals surface area contributed by atoms with Gasteiger partial charge in [0.05, 0.1) is 23.7 Å². The molecule has 1 aliphatic rings. The van der Waals surface area contributed by atoms with Gasteiger partial charge >= 0.3 is 5.97 Å². The van der Waals surface area contributed by atoms with Crippen molar-refractivity contribution in [1.82, 2.24) is 4.57 Å². The van der Waals surface area contributed by atoms with Crippen molar-refractivity contribution in [2.45, 2.75) is 24.3 Å². The Morgan fingerprint density at radius 3 is 2.68 bits per heavy atom. The minimum atomic E-state index is -0.329. The number of halogens is 1. The molecule has 3 aromatic rings. The quantitative estimate of drug-likeness (QED) is 0.373. The first-order chi connectivity index (χ1) is 15.0. The molecule has 0 bridgehead atoms. The number of hydrogen-bond acceptors (Lipinski definition) is 7. The number of hydrogen-bond donors (Lipinski definition) is 0. The molecule has 0 aliphatic carbocycles. The molecule has 162 valence electrons. The number of fused-ring (bicyclic) bond motifs is 2. The molecular formula is C21H19ClN2O5S2. The van der Waals surface area contributed by atoms with E-state index in [2.05, 4.69) is 4.99 Å². The number of esters is 1. The molecule has 1 amide bonds. The van der Waals surface area contributed by atoms with Crippen molar-refractivity contribution in [2.75, 3.05) is 19.7 Å². The highest BCUT2D eigenvalue weighted by atomic mass is 35.5. The Morgan fingerprint density at radius 1 is 1.19 bits per heavy atom. The largest absolute Gasteiger partial charge is 0.469 e. The smallest absolute Gasteiger partial charge is 0.307 e. The van der Waals surface area contributed by atoms with E-state index >= 15 is 0 Å². The number of rotatable bonds is 7. The summed E-state index contributed by atoms with van der Waals surface area (Å²) in [6.07, 6.45) is 0.464. The lowest BCUT2D eigenvalue weighted by Crippen LogP contribution is -2.19. The molecule has 1 aliphatic heterocycles. The predicted octanol–water partition coefficient (Wildman–Crippen LogP) is 4.26. The molecular weight excluding hydrogens is 460 g/mol. The lowest BCUT2D eigenvalue weighted by molar-refractivity contribution is -0.140. The van der Waals surface area contributed by atoms with Crippen LogP contribution < -0.4 is 14.3 Å². The maximum Gasteiger partial charge on any atom is 0.307 e. The van der Waals surface area contributed by atoms with Crippen LogP contribution >= 0.6 is 34.7 Å². The second kappa shape index (κ2) is 9.76. The van der Waals surface area contributed by atoms with Gasteiger partial charge in [0.2, 0.25) is 12.7 Å². The van der Waals surface area contributed by atoms with Gasteiger partial charge in [-0.25, -0.2) is 0 Å². The Kier molecular flexibility index (Phi) is 6.84. The summed E-state index contributed by atoms with van der Waals surface area (Å²) in [5.74, 6) is 1.34. The Hall–Kier alpha value is -2.49. The summed E-state index contributed by atoms with van der Waals surface area (Å²) < 4.78 is 18.4. The SMILES string of the molecule is COC(=O)CCn1c(=NC(=O)CCSc2ccc(Cl)cc2)sc2cc3c(cc21)OCO3. The van der Waals surface area contributed by atoms with Crippen LogP contribution in [-0.4, -0.2) is 36.1 Å². The predicted molar refractivity (Wildman–Crippen MR) is 120 cm³/mol. The summed E-state index contributed by atoms with van der Waals surface area (Å²) in [7, 11) is 1.35. The highest BCUT2D eigenvalue weighted by molar-refractivity contribution is 7.99. The first-order valence-corrected chi connectivity index (χ1v) is 11.7. The van der Waals surface area contributed by atoms with Crippen molar-refractivity contribution >= 4 is 56.8 Å². The summed E-state index contributed by atoms with van der Waals surface area (Å²) in [5, 5.41) is 0.679. The van der Waals surface area contributed by atoms with Crippen LogP contribution in [0.1, 0.15) is 12.8 Å². The van der Waals surface area contributed by atoms with Crippen LogP contribution in [0.3, 0.4) is 0 Å². The van der Waals surface area contributed by atoms with E-state index < -0.39 is 0 Å². The number of methoxy groups -OCH3 is 1. The number of nitrogens with zero attached hydrogens (tertiary/aromatic N) is 2. The van der Waals surface area contributed by atoms with Gasteiger partial charge in [0, 0.05) is 40.8 Å². The summed E-state index contributed by atoms with van der Waals surface area (Å²) in [4.78, 5) is 30.1. The Labute approximate surface area is 191 Å². The zero-order valence-corrected chi connectivity index (χ0v) is 19.0. The molecule has 31 heavy (non-hydrogen) atoms. The van der Waals surface area contributed by atoms with Crippen molar-refractivity contribution in [3.05, 3.63) is 46.2 Å². The van der Waals surface area contributed by atoms with Gasteiger partial charge in [0.15, 0.2) is 16.3 Å². The van der Waals surface area contributed by atoms with Gasteiger partial charge in [0.1, 0.15) is 0 Å². The summed E-state index contributed by atoms with van der Waals surface area (Å²) >= 11 is 8.84. The van der Waals surface area contributed by atoms with Crippen LogP contribution in [0.2, 0.25) is 5.02 Å².